The largest absolute Gasteiger partial charge is 0.337 e. The van der Waals surface area contributed by atoms with Gasteiger partial charge in [-0.2, -0.15) is 4.98 Å². The highest BCUT2D eigenvalue weighted by molar-refractivity contribution is 6.29. The van der Waals surface area contributed by atoms with E-state index in [1.54, 1.807) is 17.5 Å². The number of para-hydroxylation sites is 1. The van der Waals surface area contributed by atoms with Crippen LogP contribution in [0, 0.1) is 5.92 Å². The van der Waals surface area contributed by atoms with E-state index in [4.69, 9.17) is 16.1 Å². The Bertz CT molecular complexity index is 1060. The Kier molecular flexibility index (Phi) is 2.67. The Labute approximate surface area is 153 Å². The molecule has 2 aliphatic heterocycles. The van der Waals surface area contributed by atoms with Crippen molar-refractivity contribution in [3.05, 3.63) is 47.2 Å². The second-order valence-electron chi connectivity index (χ2n) is 6.86. The van der Waals surface area contributed by atoms with Crippen LogP contribution in [0.2, 0.25) is 5.28 Å². The van der Waals surface area contributed by atoms with Crippen molar-refractivity contribution in [2.45, 2.75) is 25.4 Å². The lowest BCUT2D eigenvalue weighted by atomic mass is 10.1. The summed E-state index contributed by atoms with van der Waals surface area (Å²) in [5.74, 6) is 2.93. The number of aliphatic imine (C=N–C) groups is 1. The van der Waals surface area contributed by atoms with E-state index in [1.807, 2.05) is 33.8 Å². The molecule has 0 N–H and O–H groups in total. The number of imidazole rings is 1. The van der Waals surface area contributed by atoms with Crippen molar-refractivity contribution in [3.63, 3.8) is 0 Å². The van der Waals surface area contributed by atoms with Crippen LogP contribution in [0.4, 0.5) is 11.8 Å². The third-order valence-corrected chi connectivity index (χ3v) is 5.50. The van der Waals surface area contributed by atoms with E-state index in [2.05, 4.69) is 27.0 Å². The molecule has 3 aromatic rings. The molecular formula is C17H14ClN7O. The molecule has 3 atom stereocenters. The summed E-state index contributed by atoms with van der Waals surface area (Å²) in [6, 6.07) is 8.03. The van der Waals surface area contributed by atoms with Gasteiger partial charge < -0.3 is 4.52 Å². The van der Waals surface area contributed by atoms with Crippen LogP contribution in [0.25, 0.3) is 5.69 Å². The first kappa shape index (κ1) is 14.3. The molecule has 0 radical (unpaired) electrons. The molecule has 1 fully saturated rings. The van der Waals surface area contributed by atoms with Crippen molar-refractivity contribution in [3.8, 4) is 5.69 Å². The van der Waals surface area contributed by atoms with Gasteiger partial charge in [-0.05, 0) is 35.2 Å². The predicted molar refractivity (Wildman–Crippen MR) is 95.6 cm³/mol. The minimum absolute atomic E-state index is 0.215. The number of halogens is 1. The van der Waals surface area contributed by atoms with Gasteiger partial charge in [-0.25, -0.2) is 20.0 Å². The van der Waals surface area contributed by atoms with Gasteiger partial charge >= 0.3 is 0 Å². The SMILES string of the molecule is CC1CC1c1nc(N2C=NC3c4ccccc4-n4c(cnc4Cl)N32)no1. The number of benzene rings is 1. The highest BCUT2D eigenvalue weighted by Gasteiger charge is 2.43. The van der Waals surface area contributed by atoms with Gasteiger partial charge in [0.25, 0.3) is 5.95 Å². The van der Waals surface area contributed by atoms with Gasteiger partial charge in [0.05, 0.1) is 11.9 Å². The van der Waals surface area contributed by atoms with E-state index in [9.17, 15) is 0 Å². The van der Waals surface area contributed by atoms with Crippen molar-refractivity contribution in [1.29, 1.82) is 0 Å². The van der Waals surface area contributed by atoms with E-state index in [1.165, 1.54) is 0 Å². The molecule has 8 nitrogen and oxygen atoms in total. The van der Waals surface area contributed by atoms with Crippen molar-refractivity contribution < 1.29 is 4.52 Å². The summed E-state index contributed by atoms with van der Waals surface area (Å²) >= 11 is 6.36. The summed E-state index contributed by atoms with van der Waals surface area (Å²) in [6.45, 7) is 2.18. The van der Waals surface area contributed by atoms with Gasteiger partial charge in [0, 0.05) is 11.5 Å². The Morgan fingerprint density at radius 3 is 2.96 bits per heavy atom. The normalized spacial score (nSPS) is 25.2. The first-order valence-corrected chi connectivity index (χ1v) is 8.88. The fourth-order valence-electron chi connectivity index (χ4n) is 3.71. The van der Waals surface area contributed by atoms with E-state index >= 15 is 0 Å². The quantitative estimate of drug-likeness (QED) is 0.691. The zero-order chi connectivity index (χ0) is 17.4. The summed E-state index contributed by atoms with van der Waals surface area (Å²) < 4.78 is 7.38. The molecule has 9 heteroatoms. The molecule has 1 aliphatic carbocycles. The van der Waals surface area contributed by atoms with Gasteiger partial charge in [-0.3, -0.25) is 4.57 Å². The average Bonchev–Trinajstić information content (AvgIpc) is 3.05. The minimum atomic E-state index is -0.215. The Morgan fingerprint density at radius 1 is 1.27 bits per heavy atom. The second kappa shape index (κ2) is 4.85. The summed E-state index contributed by atoms with van der Waals surface area (Å²) in [5.41, 5.74) is 2.02. The lowest BCUT2D eigenvalue weighted by molar-refractivity contribution is 0.376. The van der Waals surface area contributed by atoms with Gasteiger partial charge in [0.1, 0.15) is 6.34 Å². The predicted octanol–water partition coefficient (Wildman–Crippen LogP) is 3.31. The van der Waals surface area contributed by atoms with Crippen LogP contribution in [0.1, 0.15) is 36.9 Å². The Hall–Kier alpha value is -2.87. The number of hydrogen-bond acceptors (Lipinski definition) is 7. The third kappa shape index (κ3) is 1.79. The van der Waals surface area contributed by atoms with Crippen LogP contribution in [0.15, 0.2) is 40.0 Å². The van der Waals surface area contributed by atoms with Crippen LogP contribution < -0.4 is 10.0 Å². The molecule has 1 aromatic carbocycles. The van der Waals surface area contributed by atoms with Crippen LogP contribution in [0.5, 0.6) is 0 Å². The highest BCUT2D eigenvalue weighted by Crippen LogP contribution is 2.47. The minimum Gasteiger partial charge on any atom is -0.337 e. The third-order valence-electron chi connectivity index (χ3n) is 5.23. The van der Waals surface area contributed by atoms with Crippen LogP contribution in [0.3, 0.4) is 0 Å². The van der Waals surface area contributed by atoms with Gasteiger partial charge in [-0.1, -0.05) is 25.1 Å². The summed E-state index contributed by atoms with van der Waals surface area (Å²) in [5, 5.41) is 8.34. The molecule has 2 aromatic heterocycles. The van der Waals surface area contributed by atoms with Crippen molar-refractivity contribution in [2.75, 3.05) is 10.0 Å². The number of hydrazine groups is 1. The maximum absolute atomic E-state index is 6.36. The van der Waals surface area contributed by atoms with E-state index < -0.39 is 0 Å². The molecular weight excluding hydrogens is 354 g/mol. The fourth-order valence-corrected chi connectivity index (χ4v) is 3.94. The molecule has 1 saturated carbocycles. The second-order valence-corrected chi connectivity index (χ2v) is 7.20. The van der Waals surface area contributed by atoms with Crippen LogP contribution in [-0.2, 0) is 0 Å². The first-order chi connectivity index (χ1) is 12.7. The number of nitrogens with zero attached hydrogens (tertiary/aromatic N) is 7. The molecule has 0 saturated heterocycles. The van der Waals surface area contributed by atoms with Gasteiger partial charge in [-0.15, -0.1) is 0 Å². The molecule has 0 bridgehead atoms. The number of fused-ring (bicyclic) bond motifs is 6. The smallest absolute Gasteiger partial charge is 0.290 e. The van der Waals surface area contributed by atoms with E-state index in [-0.39, 0.29) is 6.17 Å². The zero-order valence-electron chi connectivity index (χ0n) is 13.8. The number of rotatable bonds is 2. The monoisotopic (exact) mass is 367 g/mol. The standard InChI is InChI=1S/C17H14ClN7O/c1-9-6-11(9)15-21-17(22-26-15)23-8-20-14-10-4-2-3-5-12(10)24-13(25(14)23)7-19-16(24)18/h2-5,7-9,11,14H,6H2,1H3. The topological polar surface area (TPSA) is 75.6 Å². The number of aromatic nitrogens is 4. The Morgan fingerprint density at radius 2 is 2.12 bits per heavy atom. The van der Waals surface area contributed by atoms with Gasteiger partial charge in [0.15, 0.2) is 12.0 Å². The number of hydrogen-bond donors (Lipinski definition) is 0. The lowest BCUT2D eigenvalue weighted by Gasteiger charge is -2.36. The molecule has 6 rings (SSSR count). The summed E-state index contributed by atoms with van der Waals surface area (Å²) in [7, 11) is 0. The van der Waals surface area contributed by atoms with E-state index in [0.29, 0.717) is 29.0 Å². The van der Waals surface area contributed by atoms with Gasteiger partial charge in [0.2, 0.25) is 11.2 Å². The molecule has 4 heterocycles. The molecule has 0 amide bonds. The van der Waals surface area contributed by atoms with Crippen molar-refractivity contribution in [1.82, 2.24) is 19.7 Å². The molecule has 3 aliphatic rings. The molecule has 3 unspecified atom stereocenters. The molecule has 0 spiro atoms. The highest BCUT2D eigenvalue weighted by atomic mass is 35.5. The summed E-state index contributed by atoms with van der Waals surface area (Å²) in [4.78, 5) is 13.5. The maximum Gasteiger partial charge on any atom is 0.290 e. The van der Waals surface area contributed by atoms with Crippen LogP contribution in [-0.4, -0.2) is 26.0 Å². The zero-order valence-corrected chi connectivity index (χ0v) is 14.6. The molecule has 130 valence electrons. The fraction of sp³-hybridized carbons (Fsp3) is 0.294. The first-order valence-electron chi connectivity index (χ1n) is 8.50. The maximum atomic E-state index is 6.36. The molecule has 26 heavy (non-hydrogen) atoms. The summed E-state index contributed by atoms with van der Waals surface area (Å²) in [6.07, 6.45) is 4.34. The lowest BCUT2D eigenvalue weighted by Crippen LogP contribution is -2.43. The number of anilines is 2. The van der Waals surface area contributed by atoms with Crippen molar-refractivity contribution in [2.24, 2.45) is 10.9 Å². The Balaban J connectivity index is 1.47. The van der Waals surface area contributed by atoms with E-state index in [0.717, 1.165) is 23.5 Å². The van der Waals surface area contributed by atoms with Crippen molar-refractivity contribution >= 4 is 29.7 Å². The van der Waals surface area contributed by atoms with Crippen LogP contribution >= 0.6 is 11.6 Å². The average molecular weight is 368 g/mol.